The third kappa shape index (κ3) is 4.75. The number of ether oxygens (including phenoxy) is 1. The Balaban J connectivity index is 1.80. The number of rotatable bonds is 6. The number of anilines is 1. The van der Waals surface area contributed by atoms with Crippen LogP contribution in [0.2, 0.25) is 0 Å². The third-order valence-electron chi connectivity index (χ3n) is 4.63. The Morgan fingerprint density at radius 2 is 1.90 bits per heavy atom. The van der Waals surface area contributed by atoms with Crippen molar-refractivity contribution in [2.45, 2.75) is 13.8 Å². The molecule has 1 heterocycles. The average Bonchev–Trinajstić information content (AvgIpc) is 2.98. The summed E-state index contributed by atoms with van der Waals surface area (Å²) < 4.78 is 5.18. The topological polar surface area (TPSA) is 119 Å². The lowest BCUT2D eigenvalue weighted by atomic mass is 10.1. The Labute approximate surface area is 182 Å². The third-order valence-corrected chi connectivity index (χ3v) is 5.54. The van der Waals surface area contributed by atoms with Crippen LogP contribution in [0, 0.1) is 24.0 Å². The van der Waals surface area contributed by atoms with Crippen LogP contribution in [0.25, 0.3) is 6.08 Å². The molecule has 0 spiro atoms. The zero-order valence-corrected chi connectivity index (χ0v) is 17.8. The summed E-state index contributed by atoms with van der Waals surface area (Å²) in [6, 6.07) is 9.49. The number of aryl methyl sites for hydroxylation is 2. The Morgan fingerprint density at radius 3 is 2.52 bits per heavy atom. The van der Waals surface area contributed by atoms with Gasteiger partial charge in [0.05, 0.1) is 16.9 Å². The SMILES string of the molecule is COc1ccc([N+](=O)[O-])cc1/C=C1/SC(=O)N(CC(=O)Nc2c(C)cccc2C)C1=O. The van der Waals surface area contributed by atoms with Gasteiger partial charge in [-0.05, 0) is 48.9 Å². The van der Waals surface area contributed by atoms with Gasteiger partial charge in [-0.3, -0.25) is 29.4 Å². The fraction of sp³-hybridized carbons (Fsp3) is 0.190. The van der Waals surface area contributed by atoms with Crippen molar-refractivity contribution in [1.29, 1.82) is 0 Å². The quantitative estimate of drug-likeness (QED) is 0.410. The van der Waals surface area contributed by atoms with Crippen LogP contribution in [0.15, 0.2) is 41.3 Å². The van der Waals surface area contributed by atoms with Crippen molar-refractivity contribution in [2.75, 3.05) is 19.0 Å². The standard InChI is InChI=1S/C21H19N3O6S/c1-12-5-4-6-13(2)19(12)22-18(25)11-23-20(26)17(31-21(23)27)10-14-9-15(24(28)29)7-8-16(14)30-3/h4-10H,11H2,1-3H3,(H,22,25)/b17-10+. The van der Waals surface area contributed by atoms with Gasteiger partial charge in [0, 0.05) is 23.4 Å². The Hall–Kier alpha value is -3.66. The van der Waals surface area contributed by atoms with E-state index in [2.05, 4.69) is 5.32 Å². The maximum absolute atomic E-state index is 12.7. The second-order valence-electron chi connectivity index (χ2n) is 6.77. The molecule has 0 aliphatic carbocycles. The predicted octanol–water partition coefficient (Wildman–Crippen LogP) is 3.90. The van der Waals surface area contributed by atoms with E-state index >= 15 is 0 Å². The zero-order chi connectivity index (χ0) is 22.7. The number of nitrogens with one attached hydrogen (secondary N) is 1. The summed E-state index contributed by atoms with van der Waals surface area (Å²) in [6.07, 6.45) is 1.35. The number of hydrogen-bond acceptors (Lipinski definition) is 7. The number of para-hydroxylation sites is 1. The monoisotopic (exact) mass is 441 g/mol. The molecule has 1 aliphatic heterocycles. The number of nitro groups is 1. The number of thioether (sulfide) groups is 1. The summed E-state index contributed by atoms with van der Waals surface area (Å²) >= 11 is 0.658. The number of nitro benzene ring substituents is 1. The van der Waals surface area contributed by atoms with Gasteiger partial charge in [-0.15, -0.1) is 0 Å². The molecule has 10 heteroatoms. The van der Waals surface area contributed by atoms with E-state index in [-0.39, 0.29) is 16.2 Å². The molecule has 1 saturated heterocycles. The molecule has 160 valence electrons. The maximum atomic E-state index is 12.7. The van der Waals surface area contributed by atoms with Gasteiger partial charge in [0.15, 0.2) is 0 Å². The Kier molecular flexibility index (Phi) is 6.40. The van der Waals surface area contributed by atoms with Crippen molar-refractivity contribution in [3.8, 4) is 5.75 Å². The minimum atomic E-state index is -0.653. The zero-order valence-electron chi connectivity index (χ0n) is 17.0. The lowest BCUT2D eigenvalue weighted by Gasteiger charge is -2.15. The molecule has 0 aromatic heterocycles. The van der Waals surface area contributed by atoms with Crippen molar-refractivity contribution in [3.05, 3.63) is 68.1 Å². The molecule has 0 atom stereocenters. The van der Waals surface area contributed by atoms with E-state index in [4.69, 9.17) is 4.74 Å². The second kappa shape index (κ2) is 9.00. The van der Waals surface area contributed by atoms with E-state index in [9.17, 15) is 24.5 Å². The smallest absolute Gasteiger partial charge is 0.294 e. The van der Waals surface area contributed by atoms with Crippen molar-refractivity contribution >= 4 is 46.3 Å². The van der Waals surface area contributed by atoms with Crippen molar-refractivity contribution in [3.63, 3.8) is 0 Å². The maximum Gasteiger partial charge on any atom is 0.294 e. The number of amides is 3. The van der Waals surface area contributed by atoms with Crippen LogP contribution < -0.4 is 10.1 Å². The van der Waals surface area contributed by atoms with Crippen LogP contribution in [0.1, 0.15) is 16.7 Å². The number of imide groups is 1. The normalized spacial score (nSPS) is 14.8. The van der Waals surface area contributed by atoms with Crippen LogP contribution in [0.3, 0.4) is 0 Å². The molecular formula is C21H19N3O6S. The molecule has 2 aromatic carbocycles. The van der Waals surface area contributed by atoms with Crippen molar-refractivity contribution in [2.24, 2.45) is 0 Å². The molecule has 1 N–H and O–H groups in total. The minimum Gasteiger partial charge on any atom is -0.496 e. The molecule has 3 amide bonds. The summed E-state index contributed by atoms with van der Waals surface area (Å²) in [7, 11) is 1.39. The molecule has 0 bridgehead atoms. The van der Waals surface area contributed by atoms with Gasteiger partial charge in [0.1, 0.15) is 12.3 Å². The lowest BCUT2D eigenvalue weighted by molar-refractivity contribution is -0.384. The molecule has 31 heavy (non-hydrogen) atoms. The van der Waals surface area contributed by atoms with Gasteiger partial charge in [-0.1, -0.05) is 18.2 Å². The van der Waals surface area contributed by atoms with Crippen molar-refractivity contribution < 1.29 is 24.0 Å². The number of methoxy groups -OCH3 is 1. The van der Waals surface area contributed by atoms with E-state index in [0.29, 0.717) is 23.2 Å². The van der Waals surface area contributed by atoms with Gasteiger partial charge in [0.25, 0.3) is 16.8 Å². The molecular weight excluding hydrogens is 422 g/mol. The van der Waals surface area contributed by atoms with E-state index in [1.165, 1.54) is 31.4 Å². The predicted molar refractivity (Wildman–Crippen MR) is 117 cm³/mol. The summed E-state index contributed by atoms with van der Waals surface area (Å²) in [5, 5.41) is 13.2. The van der Waals surface area contributed by atoms with Crippen LogP contribution >= 0.6 is 11.8 Å². The number of nitrogens with zero attached hydrogens (tertiary/aromatic N) is 2. The van der Waals surface area contributed by atoms with Gasteiger partial charge < -0.3 is 10.1 Å². The molecule has 0 radical (unpaired) electrons. The number of hydrogen-bond donors (Lipinski definition) is 1. The van der Waals surface area contributed by atoms with E-state index in [1.807, 2.05) is 32.0 Å². The first kappa shape index (κ1) is 22.0. The summed E-state index contributed by atoms with van der Waals surface area (Å²) in [6.45, 7) is 3.25. The molecule has 1 aliphatic rings. The summed E-state index contributed by atoms with van der Waals surface area (Å²) in [4.78, 5) is 48.9. The van der Waals surface area contributed by atoms with Crippen LogP contribution in [-0.2, 0) is 9.59 Å². The largest absolute Gasteiger partial charge is 0.496 e. The molecule has 1 fully saturated rings. The highest BCUT2D eigenvalue weighted by atomic mass is 32.2. The first-order valence-electron chi connectivity index (χ1n) is 9.15. The molecule has 0 unspecified atom stereocenters. The minimum absolute atomic E-state index is 0.0451. The fourth-order valence-electron chi connectivity index (χ4n) is 3.06. The first-order valence-corrected chi connectivity index (χ1v) is 9.96. The molecule has 2 aromatic rings. The van der Waals surface area contributed by atoms with E-state index in [0.717, 1.165) is 16.0 Å². The Morgan fingerprint density at radius 1 is 1.23 bits per heavy atom. The highest BCUT2D eigenvalue weighted by molar-refractivity contribution is 8.18. The van der Waals surface area contributed by atoms with Gasteiger partial charge in [-0.2, -0.15) is 0 Å². The van der Waals surface area contributed by atoms with E-state index < -0.39 is 28.5 Å². The molecule has 3 rings (SSSR count). The summed E-state index contributed by atoms with van der Waals surface area (Å²) in [5.74, 6) is -0.848. The summed E-state index contributed by atoms with van der Waals surface area (Å²) in [5.41, 5.74) is 2.46. The number of benzene rings is 2. The highest BCUT2D eigenvalue weighted by Crippen LogP contribution is 2.35. The number of non-ortho nitro benzene ring substituents is 1. The van der Waals surface area contributed by atoms with Crippen molar-refractivity contribution in [1.82, 2.24) is 4.90 Å². The average molecular weight is 441 g/mol. The number of carbonyl (C=O) groups is 3. The van der Waals surface area contributed by atoms with Crippen LogP contribution in [-0.4, -0.2) is 40.5 Å². The first-order chi connectivity index (χ1) is 14.7. The Bertz CT molecular complexity index is 1110. The fourth-order valence-corrected chi connectivity index (χ4v) is 3.89. The van der Waals surface area contributed by atoms with Gasteiger partial charge in [-0.25, -0.2) is 0 Å². The van der Waals surface area contributed by atoms with Gasteiger partial charge >= 0.3 is 0 Å². The second-order valence-corrected chi connectivity index (χ2v) is 7.76. The van der Waals surface area contributed by atoms with Gasteiger partial charge in [0.2, 0.25) is 5.91 Å². The highest BCUT2D eigenvalue weighted by Gasteiger charge is 2.36. The number of carbonyl (C=O) groups excluding carboxylic acids is 3. The van der Waals surface area contributed by atoms with Crippen LogP contribution in [0.4, 0.5) is 16.2 Å². The van der Waals surface area contributed by atoms with E-state index in [1.54, 1.807) is 0 Å². The lowest BCUT2D eigenvalue weighted by Crippen LogP contribution is -2.36. The molecule has 0 saturated carbocycles. The molecule has 9 nitrogen and oxygen atoms in total. The van der Waals surface area contributed by atoms with Crippen LogP contribution in [0.5, 0.6) is 5.75 Å².